The van der Waals surface area contributed by atoms with Crippen molar-refractivity contribution in [2.24, 2.45) is 5.73 Å². The summed E-state index contributed by atoms with van der Waals surface area (Å²) >= 11 is 0. The third-order valence-corrected chi connectivity index (χ3v) is 3.32. The normalized spacial score (nSPS) is 33.4. The first kappa shape index (κ1) is 11.1. The molecule has 3 heterocycles. The summed E-state index contributed by atoms with van der Waals surface area (Å²) in [6, 6.07) is 0. The van der Waals surface area contributed by atoms with Gasteiger partial charge in [0, 0.05) is 13.2 Å². The van der Waals surface area contributed by atoms with Crippen LogP contribution in [0.4, 0.5) is 0 Å². The van der Waals surface area contributed by atoms with Crippen molar-refractivity contribution in [1.29, 1.82) is 0 Å². The van der Waals surface area contributed by atoms with Gasteiger partial charge in [-0.15, -0.1) is 0 Å². The van der Waals surface area contributed by atoms with E-state index in [9.17, 15) is 0 Å². The fourth-order valence-corrected chi connectivity index (χ4v) is 2.35. The number of hydrogen-bond acceptors (Lipinski definition) is 6. The Labute approximate surface area is 99.5 Å². The molecule has 0 bridgehead atoms. The van der Waals surface area contributed by atoms with Gasteiger partial charge >= 0.3 is 0 Å². The summed E-state index contributed by atoms with van der Waals surface area (Å²) in [5, 5.41) is 3.97. The van der Waals surface area contributed by atoms with Crippen LogP contribution in [0.5, 0.6) is 0 Å². The number of nitrogens with two attached hydrogens (primary N) is 1. The minimum Gasteiger partial charge on any atom is -0.370 e. The summed E-state index contributed by atoms with van der Waals surface area (Å²) in [5.74, 6) is 1.21. The van der Waals surface area contributed by atoms with E-state index in [2.05, 4.69) is 10.1 Å². The molecular weight excluding hydrogens is 222 g/mol. The van der Waals surface area contributed by atoms with E-state index in [1.165, 1.54) is 0 Å². The monoisotopic (exact) mass is 239 g/mol. The van der Waals surface area contributed by atoms with Gasteiger partial charge in [0.05, 0.1) is 6.10 Å². The topological polar surface area (TPSA) is 83.4 Å². The summed E-state index contributed by atoms with van der Waals surface area (Å²) in [5.41, 5.74) is 5.57. The predicted molar refractivity (Wildman–Crippen MR) is 58.1 cm³/mol. The molecule has 2 aliphatic rings. The second kappa shape index (κ2) is 4.72. The molecule has 2 aliphatic heterocycles. The van der Waals surface area contributed by atoms with Crippen molar-refractivity contribution in [2.75, 3.05) is 13.2 Å². The maximum atomic E-state index is 5.71. The first-order valence-electron chi connectivity index (χ1n) is 6.17. The first-order chi connectivity index (χ1) is 8.36. The minimum atomic E-state index is -0.0915. The van der Waals surface area contributed by atoms with Crippen molar-refractivity contribution in [3.8, 4) is 0 Å². The van der Waals surface area contributed by atoms with Crippen LogP contribution in [0.25, 0.3) is 0 Å². The van der Waals surface area contributed by atoms with E-state index < -0.39 is 0 Å². The highest BCUT2D eigenvalue weighted by atomic mass is 16.5. The molecule has 0 amide bonds. The molecule has 0 spiro atoms. The van der Waals surface area contributed by atoms with Crippen LogP contribution in [0.3, 0.4) is 0 Å². The number of ether oxygens (including phenoxy) is 2. The molecule has 0 aliphatic carbocycles. The zero-order valence-electron chi connectivity index (χ0n) is 9.67. The largest absolute Gasteiger partial charge is 0.370 e. The number of nitrogens with zero attached hydrogens (tertiary/aromatic N) is 2. The SMILES string of the molecule is NCC1CCC(c2nc(C3CCCO3)no2)O1. The summed E-state index contributed by atoms with van der Waals surface area (Å²) in [6.07, 6.45) is 3.91. The van der Waals surface area contributed by atoms with E-state index in [0.717, 1.165) is 32.3 Å². The fourth-order valence-electron chi connectivity index (χ4n) is 2.35. The average Bonchev–Trinajstić information content (AvgIpc) is 3.09. The molecule has 17 heavy (non-hydrogen) atoms. The van der Waals surface area contributed by atoms with Gasteiger partial charge in [-0.2, -0.15) is 4.98 Å². The third kappa shape index (κ3) is 2.20. The lowest BCUT2D eigenvalue weighted by Gasteiger charge is -2.07. The van der Waals surface area contributed by atoms with Crippen LogP contribution in [0.15, 0.2) is 4.52 Å². The summed E-state index contributed by atoms with van der Waals surface area (Å²) in [6.45, 7) is 1.33. The van der Waals surface area contributed by atoms with Crippen LogP contribution in [0.2, 0.25) is 0 Å². The molecule has 1 aromatic heterocycles. The van der Waals surface area contributed by atoms with E-state index in [1.54, 1.807) is 0 Å². The Bertz CT molecular complexity index is 376. The van der Waals surface area contributed by atoms with Crippen molar-refractivity contribution in [1.82, 2.24) is 10.1 Å². The minimum absolute atomic E-state index is 0.000733. The lowest BCUT2D eigenvalue weighted by atomic mass is 10.2. The van der Waals surface area contributed by atoms with Crippen LogP contribution in [0, 0.1) is 0 Å². The van der Waals surface area contributed by atoms with Crippen LogP contribution < -0.4 is 5.73 Å². The predicted octanol–water partition coefficient (Wildman–Crippen LogP) is 1.10. The quantitative estimate of drug-likeness (QED) is 0.850. The Morgan fingerprint density at radius 1 is 1.24 bits per heavy atom. The third-order valence-electron chi connectivity index (χ3n) is 3.32. The molecule has 3 rings (SSSR count). The average molecular weight is 239 g/mol. The highest BCUT2D eigenvalue weighted by Gasteiger charge is 2.31. The molecule has 3 atom stereocenters. The molecule has 2 fully saturated rings. The summed E-state index contributed by atoms with van der Waals surface area (Å²) < 4.78 is 16.5. The zero-order chi connectivity index (χ0) is 11.7. The molecule has 2 N–H and O–H groups in total. The van der Waals surface area contributed by atoms with Crippen molar-refractivity contribution in [2.45, 2.75) is 44.0 Å². The van der Waals surface area contributed by atoms with Gasteiger partial charge in [0.15, 0.2) is 0 Å². The molecule has 2 saturated heterocycles. The second-order valence-electron chi connectivity index (χ2n) is 4.55. The Morgan fingerprint density at radius 3 is 2.88 bits per heavy atom. The Kier molecular flexibility index (Phi) is 3.09. The molecule has 6 nitrogen and oxygen atoms in total. The fraction of sp³-hybridized carbons (Fsp3) is 0.818. The lowest BCUT2D eigenvalue weighted by molar-refractivity contribution is 0.0306. The number of aromatic nitrogens is 2. The summed E-state index contributed by atoms with van der Waals surface area (Å²) in [4.78, 5) is 4.37. The van der Waals surface area contributed by atoms with Crippen molar-refractivity contribution in [3.63, 3.8) is 0 Å². The highest BCUT2D eigenvalue weighted by Crippen LogP contribution is 2.33. The summed E-state index contributed by atoms with van der Waals surface area (Å²) in [7, 11) is 0. The van der Waals surface area contributed by atoms with Crippen molar-refractivity contribution < 1.29 is 14.0 Å². The Morgan fingerprint density at radius 2 is 2.18 bits per heavy atom. The van der Waals surface area contributed by atoms with E-state index in [1.807, 2.05) is 0 Å². The Balaban J connectivity index is 1.68. The maximum absolute atomic E-state index is 5.71. The van der Waals surface area contributed by atoms with Gasteiger partial charge in [-0.3, -0.25) is 0 Å². The van der Waals surface area contributed by atoms with E-state index >= 15 is 0 Å². The van der Waals surface area contributed by atoms with Crippen molar-refractivity contribution >= 4 is 0 Å². The van der Waals surface area contributed by atoms with Gasteiger partial charge < -0.3 is 19.7 Å². The van der Waals surface area contributed by atoms with Gasteiger partial charge in [0.2, 0.25) is 5.82 Å². The smallest absolute Gasteiger partial charge is 0.255 e. The number of rotatable bonds is 3. The maximum Gasteiger partial charge on any atom is 0.255 e. The molecule has 0 saturated carbocycles. The molecule has 1 aromatic rings. The standard InChI is InChI=1S/C11H17N3O3/c12-6-7-3-4-9(16-7)11-13-10(14-17-11)8-2-1-5-15-8/h7-9H,1-6,12H2. The van der Waals surface area contributed by atoms with Gasteiger partial charge in [-0.05, 0) is 25.7 Å². The lowest BCUT2D eigenvalue weighted by Crippen LogP contribution is -2.18. The van der Waals surface area contributed by atoms with E-state index in [0.29, 0.717) is 18.3 Å². The Hall–Kier alpha value is -0.980. The first-order valence-corrected chi connectivity index (χ1v) is 6.17. The molecule has 3 unspecified atom stereocenters. The van der Waals surface area contributed by atoms with Crippen molar-refractivity contribution in [3.05, 3.63) is 11.7 Å². The second-order valence-corrected chi connectivity index (χ2v) is 4.55. The van der Waals surface area contributed by atoms with Gasteiger partial charge in [-0.25, -0.2) is 0 Å². The highest BCUT2D eigenvalue weighted by molar-refractivity contribution is 4.97. The van der Waals surface area contributed by atoms with Crippen LogP contribution in [-0.4, -0.2) is 29.4 Å². The molecule has 0 radical (unpaired) electrons. The van der Waals surface area contributed by atoms with Crippen LogP contribution in [0.1, 0.15) is 49.6 Å². The van der Waals surface area contributed by atoms with Crippen LogP contribution in [-0.2, 0) is 9.47 Å². The molecule has 0 aromatic carbocycles. The molecule has 6 heteroatoms. The van der Waals surface area contributed by atoms with E-state index in [4.69, 9.17) is 19.7 Å². The van der Waals surface area contributed by atoms with Crippen LogP contribution >= 0.6 is 0 Å². The van der Waals surface area contributed by atoms with Gasteiger partial charge in [-0.1, -0.05) is 5.16 Å². The number of hydrogen-bond donors (Lipinski definition) is 1. The zero-order valence-corrected chi connectivity index (χ0v) is 9.67. The van der Waals surface area contributed by atoms with Gasteiger partial charge in [0.1, 0.15) is 12.2 Å². The van der Waals surface area contributed by atoms with Gasteiger partial charge in [0.25, 0.3) is 5.89 Å². The molecular formula is C11H17N3O3. The van der Waals surface area contributed by atoms with E-state index in [-0.39, 0.29) is 18.3 Å². The molecule has 94 valence electrons.